The molecule has 0 unspecified atom stereocenters. The van der Waals surface area contributed by atoms with E-state index < -0.39 is 15.8 Å². The van der Waals surface area contributed by atoms with Crippen LogP contribution in [0.25, 0.3) is 55.7 Å². The number of nitrogens with zero attached hydrogens (tertiary/aromatic N) is 3. The molecule has 1 saturated heterocycles. The maximum Gasteiger partial charge on any atom is 0.209 e. The molecule has 4 N–H and O–H groups in total. The van der Waals surface area contributed by atoms with Crippen LogP contribution < -0.4 is 14.8 Å². The minimum absolute atomic E-state index is 0.00612. The zero-order chi connectivity index (χ0) is 30.3. The van der Waals surface area contributed by atoms with Crippen LogP contribution in [0.3, 0.4) is 0 Å². The van der Waals surface area contributed by atoms with Crippen molar-refractivity contribution in [3.63, 3.8) is 0 Å². The summed E-state index contributed by atoms with van der Waals surface area (Å²) in [5.41, 5.74) is 7.27. The number of sulfonamides is 1. The van der Waals surface area contributed by atoms with Crippen molar-refractivity contribution in [1.82, 2.24) is 35.2 Å². The van der Waals surface area contributed by atoms with Crippen LogP contribution in [0.4, 0.5) is 4.39 Å². The third kappa shape index (κ3) is 5.91. The fourth-order valence-corrected chi connectivity index (χ4v) is 6.06. The molecular formula is C32H30FN7O3S. The summed E-state index contributed by atoms with van der Waals surface area (Å²) in [4.78, 5) is 12.8. The number of H-pyrrole nitrogens is 2. The summed E-state index contributed by atoms with van der Waals surface area (Å²) in [5, 5.41) is 11.9. The number of hydrogen-bond acceptors (Lipinski definition) is 7. The van der Waals surface area contributed by atoms with E-state index in [0.717, 1.165) is 76.9 Å². The van der Waals surface area contributed by atoms with Crippen molar-refractivity contribution < 1.29 is 17.5 Å². The van der Waals surface area contributed by atoms with Crippen LogP contribution >= 0.6 is 0 Å². The average molecular weight is 612 g/mol. The van der Waals surface area contributed by atoms with Gasteiger partial charge in [0.15, 0.2) is 0 Å². The van der Waals surface area contributed by atoms with Gasteiger partial charge in [-0.05, 0) is 91.2 Å². The molecule has 224 valence electrons. The summed E-state index contributed by atoms with van der Waals surface area (Å²) in [6.07, 6.45) is 6.67. The second-order valence-electron chi connectivity index (χ2n) is 11.0. The summed E-state index contributed by atoms with van der Waals surface area (Å²) in [5.74, 6) is 0.273. The highest BCUT2D eigenvalue weighted by Crippen LogP contribution is 2.35. The molecule has 0 saturated carbocycles. The number of ether oxygens (including phenoxy) is 1. The van der Waals surface area contributed by atoms with E-state index in [9.17, 15) is 12.8 Å². The number of aromatic amines is 2. The van der Waals surface area contributed by atoms with Crippen LogP contribution in [-0.2, 0) is 16.6 Å². The first kappa shape index (κ1) is 28.1. The minimum Gasteiger partial charge on any atom is -0.489 e. The predicted octanol–water partition coefficient (Wildman–Crippen LogP) is 5.15. The number of rotatable bonds is 8. The number of hydrogen-bond donors (Lipinski definition) is 4. The highest BCUT2D eigenvalue weighted by atomic mass is 32.2. The third-order valence-electron chi connectivity index (χ3n) is 7.73. The van der Waals surface area contributed by atoms with E-state index in [1.807, 2.05) is 42.5 Å². The lowest BCUT2D eigenvalue weighted by atomic mass is 9.99. The van der Waals surface area contributed by atoms with E-state index in [2.05, 4.69) is 30.2 Å². The van der Waals surface area contributed by atoms with Gasteiger partial charge in [0.25, 0.3) is 0 Å². The summed E-state index contributed by atoms with van der Waals surface area (Å²) in [7, 11) is -3.42. The van der Waals surface area contributed by atoms with Crippen molar-refractivity contribution in [1.29, 1.82) is 0 Å². The molecule has 0 radical (unpaired) electrons. The fourth-order valence-electron chi connectivity index (χ4n) is 5.63. The molecule has 1 fully saturated rings. The molecule has 0 amide bonds. The average Bonchev–Trinajstić information content (AvgIpc) is 3.64. The number of nitrogens with one attached hydrogen (secondary N) is 4. The van der Waals surface area contributed by atoms with Crippen molar-refractivity contribution in [2.75, 3.05) is 19.3 Å². The number of aromatic nitrogens is 5. The largest absolute Gasteiger partial charge is 0.489 e. The molecular weight excluding hydrogens is 581 g/mol. The van der Waals surface area contributed by atoms with Crippen LogP contribution in [-0.4, -0.2) is 59.0 Å². The van der Waals surface area contributed by atoms with E-state index in [0.29, 0.717) is 22.3 Å². The number of piperidine rings is 1. The van der Waals surface area contributed by atoms with Crippen molar-refractivity contribution in [2.24, 2.45) is 0 Å². The van der Waals surface area contributed by atoms with Crippen LogP contribution in [0.15, 0.2) is 73.1 Å². The van der Waals surface area contributed by atoms with Gasteiger partial charge >= 0.3 is 0 Å². The first-order valence-electron chi connectivity index (χ1n) is 14.3. The molecule has 1 aliphatic rings. The summed E-state index contributed by atoms with van der Waals surface area (Å²) < 4.78 is 46.4. The molecule has 12 heteroatoms. The van der Waals surface area contributed by atoms with Gasteiger partial charge in [-0.2, -0.15) is 5.10 Å². The summed E-state index contributed by atoms with van der Waals surface area (Å²) >= 11 is 0. The van der Waals surface area contributed by atoms with Gasteiger partial charge in [0.05, 0.1) is 29.4 Å². The maximum atomic E-state index is 14.6. The molecule has 2 aromatic carbocycles. The predicted molar refractivity (Wildman–Crippen MR) is 168 cm³/mol. The number of fused-ring (bicyclic) bond motifs is 2. The van der Waals surface area contributed by atoms with E-state index in [4.69, 9.17) is 9.72 Å². The Morgan fingerprint density at radius 2 is 1.86 bits per heavy atom. The van der Waals surface area contributed by atoms with Gasteiger partial charge in [-0.3, -0.25) is 10.1 Å². The Labute approximate surface area is 253 Å². The first-order valence-corrected chi connectivity index (χ1v) is 16.2. The van der Waals surface area contributed by atoms with Crippen molar-refractivity contribution in [3.8, 4) is 39.5 Å². The molecule has 0 aliphatic carbocycles. The smallest absolute Gasteiger partial charge is 0.209 e. The number of benzene rings is 2. The fraction of sp³-hybridized carbons (Fsp3) is 0.219. The molecule has 10 nitrogen and oxygen atoms in total. The van der Waals surface area contributed by atoms with Crippen LogP contribution in [0.2, 0.25) is 0 Å². The van der Waals surface area contributed by atoms with Crippen LogP contribution in [0.5, 0.6) is 5.75 Å². The van der Waals surface area contributed by atoms with Crippen LogP contribution in [0, 0.1) is 5.82 Å². The van der Waals surface area contributed by atoms with Gasteiger partial charge in [0, 0.05) is 29.2 Å². The lowest BCUT2D eigenvalue weighted by Crippen LogP contribution is -2.34. The Balaban J connectivity index is 1.23. The van der Waals surface area contributed by atoms with Gasteiger partial charge < -0.3 is 15.0 Å². The molecule has 4 aromatic heterocycles. The van der Waals surface area contributed by atoms with Crippen LogP contribution in [0.1, 0.15) is 18.4 Å². The number of pyridine rings is 2. The van der Waals surface area contributed by atoms with Crippen molar-refractivity contribution in [3.05, 3.63) is 84.4 Å². The van der Waals surface area contributed by atoms with E-state index in [1.54, 1.807) is 18.5 Å². The van der Waals surface area contributed by atoms with Crippen molar-refractivity contribution in [2.45, 2.75) is 25.5 Å². The standard InChI is InChI=1S/C32H30FN7O3S/c1-44(41,42)36-16-19-11-20(13-22(33)12-19)25-3-2-4-28-26(25)15-30(37-28)32-31-29(39-40-32)6-5-27(38-31)21-14-24(18-35-17-21)43-23-7-9-34-10-8-23/h2-6,11-15,17-18,23,34,36-37H,7-10,16H2,1H3,(H,39,40). The Morgan fingerprint density at radius 3 is 2.70 bits per heavy atom. The quantitative estimate of drug-likeness (QED) is 0.187. The minimum atomic E-state index is -3.42. The number of halogens is 1. The normalized spacial score (nSPS) is 14.4. The zero-order valence-corrected chi connectivity index (χ0v) is 24.7. The Morgan fingerprint density at radius 1 is 1.00 bits per heavy atom. The lowest BCUT2D eigenvalue weighted by Gasteiger charge is -2.23. The second-order valence-corrected chi connectivity index (χ2v) is 12.9. The molecule has 0 atom stereocenters. The monoisotopic (exact) mass is 611 g/mol. The summed E-state index contributed by atoms with van der Waals surface area (Å²) in [6.45, 7) is 1.88. The molecule has 0 spiro atoms. The highest BCUT2D eigenvalue weighted by molar-refractivity contribution is 7.88. The Bertz CT molecular complexity index is 2100. The topological polar surface area (TPSA) is 138 Å². The van der Waals surface area contributed by atoms with Gasteiger partial charge in [0.2, 0.25) is 10.0 Å². The summed E-state index contributed by atoms with van der Waals surface area (Å²) in [6, 6.07) is 18.1. The first-order chi connectivity index (χ1) is 21.3. The van der Waals surface area contributed by atoms with Gasteiger partial charge in [0.1, 0.15) is 28.9 Å². The van der Waals surface area contributed by atoms with E-state index >= 15 is 0 Å². The molecule has 7 rings (SSSR count). The second kappa shape index (κ2) is 11.5. The zero-order valence-electron chi connectivity index (χ0n) is 23.9. The highest BCUT2D eigenvalue weighted by Gasteiger charge is 2.18. The van der Waals surface area contributed by atoms with Gasteiger partial charge in [-0.1, -0.05) is 12.1 Å². The van der Waals surface area contributed by atoms with E-state index in [1.165, 1.54) is 12.1 Å². The van der Waals surface area contributed by atoms with Gasteiger partial charge in [-0.15, -0.1) is 0 Å². The lowest BCUT2D eigenvalue weighted by molar-refractivity contribution is 0.162. The van der Waals surface area contributed by atoms with Crippen molar-refractivity contribution >= 4 is 32.0 Å². The Hall–Kier alpha value is -4.65. The molecule has 5 heterocycles. The third-order valence-corrected chi connectivity index (χ3v) is 8.40. The maximum absolute atomic E-state index is 14.6. The van der Waals surface area contributed by atoms with E-state index in [-0.39, 0.29) is 12.6 Å². The Kier molecular flexibility index (Phi) is 7.32. The SMILES string of the molecule is CS(=O)(=O)NCc1cc(F)cc(-c2cccc3[nH]c(-c4n[nH]c5ccc(-c6cncc(OC7CCNCC7)c6)nc45)cc23)c1. The molecule has 44 heavy (non-hydrogen) atoms. The molecule has 6 aromatic rings. The van der Waals surface area contributed by atoms with Gasteiger partial charge in [-0.25, -0.2) is 22.5 Å². The molecule has 0 bridgehead atoms. The molecule has 1 aliphatic heterocycles.